The van der Waals surface area contributed by atoms with E-state index in [0.717, 1.165) is 0 Å². The van der Waals surface area contributed by atoms with Crippen molar-refractivity contribution in [1.82, 2.24) is 0 Å². The lowest BCUT2D eigenvalue weighted by Gasteiger charge is -2.32. The number of hydrogen-bond acceptors (Lipinski definition) is 3. The maximum absolute atomic E-state index is 14.6. The molecule has 2 atom stereocenters. The van der Waals surface area contributed by atoms with E-state index in [0.29, 0.717) is 56.9 Å². The van der Waals surface area contributed by atoms with Gasteiger partial charge in [-0.3, -0.25) is 0 Å². The molecule has 0 aliphatic rings. The van der Waals surface area contributed by atoms with Gasteiger partial charge in [0.15, 0.2) is 11.2 Å². The zero-order valence-electron chi connectivity index (χ0n) is 35.4. The van der Waals surface area contributed by atoms with Gasteiger partial charge < -0.3 is 8.39 Å². The highest BCUT2D eigenvalue weighted by Gasteiger charge is 2.40. The molecule has 0 amide bonds. The van der Waals surface area contributed by atoms with Crippen LogP contribution in [0.1, 0.15) is 59.3 Å². The summed E-state index contributed by atoms with van der Waals surface area (Å²) in [6, 6.07) is 34.4. The summed E-state index contributed by atoms with van der Waals surface area (Å²) in [6.07, 6.45) is -21.0. The first-order valence-electron chi connectivity index (χ1n) is 20.8. The van der Waals surface area contributed by atoms with Gasteiger partial charge in [0.25, 0.3) is 0 Å². The van der Waals surface area contributed by atoms with Gasteiger partial charge in [-0.2, -0.15) is 57.4 Å². The van der Waals surface area contributed by atoms with Gasteiger partial charge in [-0.05, 0) is 106 Å². The summed E-state index contributed by atoms with van der Waals surface area (Å²) in [5.74, 6) is 0. The predicted octanol–water partition coefficient (Wildman–Crippen LogP) is 18.5. The van der Waals surface area contributed by atoms with Gasteiger partial charge in [0.1, 0.15) is 0 Å². The molecule has 9 aromatic rings. The highest BCUT2D eigenvalue weighted by atomic mass is 31.1. The number of rotatable bonds is 7. The minimum absolute atomic E-state index is 0.00421. The van der Waals surface area contributed by atoms with Crippen molar-refractivity contribution in [2.75, 3.05) is 4.67 Å². The second-order valence-corrected chi connectivity index (χ2v) is 17.6. The molecule has 0 fully saturated rings. The van der Waals surface area contributed by atoms with Crippen LogP contribution in [0.3, 0.4) is 0 Å². The number of halogens is 12. The lowest BCUT2D eigenvalue weighted by Crippen LogP contribution is -2.27. The summed E-state index contributed by atoms with van der Waals surface area (Å²) in [5.41, 5.74) is -7.04. The standard InChI is InChI=1S/C52H34F12NO2P/c1-29(31-13-5-3-6-14-31)65(30(2)32-15-7-4-8-16-32)68-66-47-43(35-21-37(49(53,54)55)27-38(22-35)50(56,57)58)25-33-17-9-11-19-41(33)45(47)46-42-20-12-10-18-34(42)26-44(48(46)67-68)36-23-39(51(59,60)61)28-40(24-36)52(62,63)64/h3-30H,1-2H3. The molecule has 348 valence electrons. The third kappa shape index (κ3) is 8.80. The Hall–Kier alpha value is -6.70. The maximum Gasteiger partial charge on any atom is 0.416 e. The minimum atomic E-state index is -5.24. The summed E-state index contributed by atoms with van der Waals surface area (Å²) >= 11 is 0. The average molecular weight is 964 g/mol. The van der Waals surface area contributed by atoms with E-state index in [4.69, 9.17) is 8.39 Å². The first kappa shape index (κ1) is 46.4. The van der Waals surface area contributed by atoms with Gasteiger partial charge in [0, 0.05) is 34.0 Å². The molecule has 2 unspecified atom stereocenters. The molecule has 8 aromatic carbocycles. The second kappa shape index (κ2) is 17.1. The third-order valence-corrected chi connectivity index (χ3v) is 13.7. The zero-order chi connectivity index (χ0) is 48.5. The van der Waals surface area contributed by atoms with Crippen LogP contribution < -0.4 is 4.67 Å². The summed E-state index contributed by atoms with van der Waals surface area (Å²) in [5, 5.41) is 1.38. The van der Waals surface area contributed by atoms with Crippen LogP contribution in [-0.2, 0) is 24.7 Å². The molecule has 0 N–H and O–H groups in total. The van der Waals surface area contributed by atoms with Crippen LogP contribution in [0.4, 0.5) is 52.7 Å². The summed E-state index contributed by atoms with van der Waals surface area (Å²) in [4.78, 5) is 0. The van der Waals surface area contributed by atoms with Crippen molar-refractivity contribution in [3.63, 3.8) is 0 Å². The Labute approximate surface area is 380 Å². The average Bonchev–Trinajstić information content (AvgIpc) is 3.48. The fraction of sp³-hybridized carbons (Fsp3) is 0.154. The highest BCUT2D eigenvalue weighted by Crippen LogP contribution is 2.53. The maximum atomic E-state index is 14.6. The molecule has 0 saturated heterocycles. The van der Waals surface area contributed by atoms with E-state index >= 15 is 0 Å². The van der Waals surface area contributed by atoms with Gasteiger partial charge in [0.05, 0.1) is 22.3 Å². The number of nitrogens with zero attached hydrogens (tertiary/aromatic N) is 1. The van der Waals surface area contributed by atoms with Crippen LogP contribution in [0.15, 0.2) is 166 Å². The van der Waals surface area contributed by atoms with E-state index in [-0.39, 0.29) is 45.2 Å². The van der Waals surface area contributed by atoms with Gasteiger partial charge in [0.2, 0.25) is 0 Å². The van der Waals surface area contributed by atoms with Crippen LogP contribution in [0.25, 0.3) is 65.7 Å². The first-order chi connectivity index (χ1) is 32.1. The molecule has 68 heavy (non-hydrogen) atoms. The smallest absolute Gasteiger partial charge is 0.407 e. The largest absolute Gasteiger partial charge is 0.416 e. The summed E-state index contributed by atoms with van der Waals surface area (Å²) in [7, 11) is -2.76. The monoisotopic (exact) mass is 963 g/mol. The summed E-state index contributed by atoms with van der Waals surface area (Å²) < 4.78 is 191. The Morgan fingerprint density at radius 2 is 0.706 bits per heavy atom. The molecular weight excluding hydrogens is 930 g/mol. The molecule has 0 aliphatic carbocycles. The van der Waals surface area contributed by atoms with E-state index in [2.05, 4.69) is 0 Å². The Morgan fingerprint density at radius 3 is 1.03 bits per heavy atom. The van der Waals surface area contributed by atoms with Crippen LogP contribution in [0, 0.1) is 0 Å². The van der Waals surface area contributed by atoms with Crippen LogP contribution in [-0.4, -0.2) is 0 Å². The molecule has 0 spiro atoms. The molecular formula is C52H34F12NO2P. The van der Waals surface area contributed by atoms with E-state index in [1.165, 1.54) is 12.1 Å². The third-order valence-electron chi connectivity index (χ3n) is 11.9. The van der Waals surface area contributed by atoms with Gasteiger partial charge in [-0.15, -0.1) is 0 Å². The molecule has 0 saturated carbocycles. The van der Waals surface area contributed by atoms with Crippen molar-refractivity contribution in [2.24, 2.45) is 0 Å². The van der Waals surface area contributed by atoms with Crippen LogP contribution in [0.2, 0.25) is 0 Å². The number of benzene rings is 8. The molecule has 0 bridgehead atoms. The van der Waals surface area contributed by atoms with Gasteiger partial charge in [-0.1, -0.05) is 109 Å². The van der Waals surface area contributed by atoms with Crippen LogP contribution in [0.5, 0.6) is 0 Å². The molecule has 16 heteroatoms. The SMILES string of the molecule is CC(c1ccccc1)N(C(C)c1ccccc1)p1oc2c(-c3cc(C(F)(F)F)cc(C(F)(F)F)c3)cc3ccccc3c2c2c(o1)c(-c1cc(C(F)(F)F)cc(C(F)(F)F)c1)cc1ccccc12. The van der Waals surface area contributed by atoms with Crippen molar-refractivity contribution in [3.05, 3.63) is 191 Å². The Bertz CT molecular complexity index is 3110. The fourth-order valence-electron chi connectivity index (χ4n) is 8.65. The Morgan fingerprint density at radius 1 is 0.397 bits per heavy atom. The molecule has 0 radical (unpaired) electrons. The zero-order valence-corrected chi connectivity index (χ0v) is 36.3. The molecule has 3 nitrogen and oxygen atoms in total. The number of fused-ring (bicyclic) bond motifs is 7. The van der Waals surface area contributed by atoms with Crippen molar-refractivity contribution in [1.29, 1.82) is 0 Å². The van der Waals surface area contributed by atoms with E-state index in [9.17, 15) is 52.7 Å². The van der Waals surface area contributed by atoms with Crippen LogP contribution >= 0.6 is 8.16 Å². The predicted molar refractivity (Wildman–Crippen MR) is 240 cm³/mol. The fourth-order valence-corrected chi connectivity index (χ4v) is 10.4. The van der Waals surface area contributed by atoms with E-state index < -0.39 is 78.3 Å². The highest BCUT2D eigenvalue weighted by molar-refractivity contribution is 7.39. The Balaban J connectivity index is 1.56. The van der Waals surface area contributed by atoms with Crippen molar-refractivity contribution in [2.45, 2.75) is 50.6 Å². The normalized spacial score (nSPS) is 13.8. The summed E-state index contributed by atoms with van der Waals surface area (Å²) in [6.45, 7) is 3.62. The van der Waals surface area contributed by atoms with Crippen molar-refractivity contribution < 1.29 is 61.1 Å². The first-order valence-corrected chi connectivity index (χ1v) is 22.0. The Kier molecular flexibility index (Phi) is 11.7. The molecule has 1 aromatic heterocycles. The molecule has 9 rings (SSSR count). The van der Waals surface area contributed by atoms with Crippen molar-refractivity contribution >= 4 is 51.6 Å². The minimum Gasteiger partial charge on any atom is -0.407 e. The number of alkyl halides is 12. The topological polar surface area (TPSA) is 29.5 Å². The van der Waals surface area contributed by atoms with Crippen molar-refractivity contribution in [3.8, 4) is 22.3 Å². The molecule has 0 aliphatic heterocycles. The molecule has 1 heterocycles. The lowest BCUT2D eigenvalue weighted by molar-refractivity contribution is -0.144. The van der Waals surface area contributed by atoms with E-state index in [1.807, 2.05) is 38.1 Å². The lowest BCUT2D eigenvalue weighted by atomic mass is 9.90. The van der Waals surface area contributed by atoms with Gasteiger partial charge >= 0.3 is 32.9 Å². The quantitative estimate of drug-likeness (QED) is 0.149. The van der Waals surface area contributed by atoms with Gasteiger partial charge in [-0.25, -0.2) is 0 Å². The van der Waals surface area contributed by atoms with E-state index in [1.54, 1.807) is 89.6 Å². The number of hydrogen-bond donors (Lipinski definition) is 0. The second-order valence-electron chi connectivity index (χ2n) is 16.3.